The van der Waals surface area contributed by atoms with E-state index in [1.165, 1.54) is 17.0 Å². The molecule has 0 bridgehead atoms. The molecule has 4 rings (SSSR count). The van der Waals surface area contributed by atoms with Crippen LogP contribution in [0.4, 0.5) is 17.6 Å². The molecule has 1 fully saturated rings. The second-order valence-corrected chi connectivity index (χ2v) is 10.1. The lowest BCUT2D eigenvalue weighted by atomic mass is 9.84. The number of pyridine rings is 1. The highest BCUT2D eigenvalue weighted by Crippen LogP contribution is 2.32. The van der Waals surface area contributed by atoms with E-state index in [-0.39, 0.29) is 24.0 Å². The molecule has 0 spiro atoms. The Morgan fingerprint density at radius 1 is 1.13 bits per heavy atom. The zero-order valence-electron chi connectivity index (χ0n) is 20.4. The van der Waals surface area contributed by atoms with E-state index in [0.29, 0.717) is 23.1 Å². The number of benzene rings is 1. The van der Waals surface area contributed by atoms with Crippen LogP contribution in [-0.2, 0) is 9.59 Å². The van der Waals surface area contributed by atoms with Crippen LogP contribution in [0.25, 0.3) is 5.52 Å². The van der Waals surface area contributed by atoms with E-state index in [9.17, 15) is 31.9 Å². The van der Waals surface area contributed by atoms with Gasteiger partial charge in [-0.15, -0.1) is 0 Å². The fourth-order valence-electron chi connectivity index (χ4n) is 4.53. The van der Waals surface area contributed by atoms with Crippen molar-refractivity contribution < 1.29 is 31.9 Å². The maximum Gasteiger partial charge on any atom is 0.471 e. The summed E-state index contributed by atoms with van der Waals surface area (Å²) in [6, 6.07) is 6.42. The van der Waals surface area contributed by atoms with Gasteiger partial charge in [0.05, 0.1) is 29.6 Å². The number of rotatable bonds is 5. The van der Waals surface area contributed by atoms with E-state index >= 15 is 0 Å². The third kappa shape index (κ3) is 5.74. The van der Waals surface area contributed by atoms with Crippen LogP contribution in [0, 0.1) is 5.82 Å². The SMILES string of the molecule is CC(C)(NC(=O)C(F)(F)F)C(=O)N[C@@H]1CN(C(=O)c2cccn3cncc23)CC[C@H]1c1cc(F)cc(Cl)c1. The van der Waals surface area contributed by atoms with Gasteiger partial charge in [0.15, 0.2) is 0 Å². The van der Waals surface area contributed by atoms with Crippen LogP contribution < -0.4 is 10.6 Å². The van der Waals surface area contributed by atoms with Crippen molar-refractivity contribution in [3.63, 3.8) is 0 Å². The molecule has 0 unspecified atom stereocenters. The van der Waals surface area contributed by atoms with E-state index in [1.807, 2.05) is 0 Å². The minimum absolute atomic E-state index is 0.0259. The van der Waals surface area contributed by atoms with Crippen molar-refractivity contribution in [2.24, 2.45) is 0 Å². The van der Waals surface area contributed by atoms with E-state index in [1.54, 1.807) is 40.6 Å². The number of amides is 3. The molecular formula is C25H24ClF4N5O3. The Balaban J connectivity index is 1.62. The van der Waals surface area contributed by atoms with Crippen LogP contribution in [0.5, 0.6) is 0 Å². The topological polar surface area (TPSA) is 95.8 Å². The van der Waals surface area contributed by atoms with Crippen molar-refractivity contribution in [3.8, 4) is 0 Å². The Hall–Kier alpha value is -3.67. The average molecular weight is 554 g/mol. The fourth-order valence-corrected chi connectivity index (χ4v) is 4.76. The molecule has 2 N–H and O–H groups in total. The largest absolute Gasteiger partial charge is 0.471 e. The first-order chi connectivity index (χ1) is 17.8. The molecule has 3 amide bonds. The van der Waals surface area contributed by atoms with E-state index in [0.717, 1.165) is 19.9 Å². The second kappa shape index (κ2) is 10.2. The van der Waals surface area contributed by atoms with E-state index < -0.39 is 41.3 Å². The average Bonchev–Trinajstić information content (AvgIpc) is 3.31. The molecular weight excluding hydrogens is 530 g/mol. The highest BCUT2D eigenvalue weighted by atomic mass is 35.5. The Morgan fingerprint density at radius 2 is 1.87 bits per heavy atom. The van der Waals surface area contributed by atoms with Gasteiger partial charge in [0, 0.05) is 30.2 Å². The number of fused-ring (bicyclic) bond motifs is 1. The molecule has 0 saturated carbocycles. The Labute approximate surface area is 220 Å². The summed E-state index contributed by atoms with van der Waals surface area (Å²) in [5.74, 6) is -4.62. The van der Waals surface area contributed by atoms with Crippen LogP contribution in [0.2, 0.25) is 5.02 Å². The summed E-state index contributed by atoms with van der Waals surface area (Å²) >= 11 is 6.05. The minimum atomic E-state index is -5.18. The molecule has 1 aliphatic heterocycles. The first-order valence-corrected chi connectivity index (χ1v) is 12.0. The lowest BCUT2D eigenvalue weighted by molar-refractivity contribution is -0.176. The number of hydrogen-bond donors (Lipinski definition) is 2. The van der Waals surface area contributed by atoms with Crippen molar-refractivity contribution in [3.05, 3.63) is 71.0 Å². The van der Waals surface area contributed by atoms with E-state index in [4.69, 9.17) is 11.6 Å². The van der Waals surface area contributed by atoms with Gasteiger partial charge in [0.2, 0.25) is 5.91 Å². The van der Waals surface area contributed by atoms with Crippen molar-refractivity contribution in [2.45, 2.75) is 43.9 Å². The highest BCUT2D eigenvalue weighted by molar-refractivity contribution is 6.30. The van der Waals surface area contributed by atoms with Gasteiger partial charge in [0.1, 0.15) is 11.4 Å². The Bertz CT molecular complexity index is 1370. The van der Waals surface area contributed by atoms with Gasteiger partial charge in [-0.05, 0) is 56.2 Å². The molecule has 13 heteroatoms. The van der Waals surface area contributed by atoms with Gasteiger partial charge in [-0.1, -0.05) is 11.6 Å². The molecule has 1 aromatic carbocycles. The van der Waals surface area contributed by atoms with Gasteiger partial charge in [-0.2, -0.15) is 13.2 Å². The number of nitrogens with zero attached hydrogens (tertiary/aromatic N) is 3. The molecule has 0 radical (unpaired) electrons. The number of alkyl halides is 3. The number of aromatic nitrogens is 2. The number of halogens is 5. The zero-order chi connectivity index (χ0) is 27.8. The summed E-state index contributed by atoms with van der Waals surface area (Å²) in [5, 5.41) is 4.50. The molecule has 1 aliphatic rings. The van der Waals surface area contributed by atoms with Gasteiger partial charge in [-0.3, -0.25) is 14.4 Å². The van der Waals surface area contributed by atoms with Gasteiger partial charge in [-0.25, -0.2) is 9.37 Å². The highest BCUT2D eigenvalue weighted by Gasteiger charge is 2.44. The molecule has 38 heavy (non-hydrogen) atoms. The van der Waals surface area contributed by atoms with Crippen molar-refractivity contribution in [2.75, 3.05) is 13.1 Å². The maximum absolute atomic E-state index is 14.2. The maximum atomic E-state index is 14.2. The van der Waals surface area contributed by atoms with Crippen LogP contribution >= 0.6 is 11.6 Å². The summed E-state index contributed by atoms with van der Waals surface area (Å²) in [4.78, 5) is 43.6. The first-order valence-electron chi connectivity index (χ1n) is 11.6. The number of hydrogen-bond acceptors (Lipinski definition) is 4. The fraction of sp³-hybridized carbons (Fsp3) is 0.360. The third-order valence-electron chi connectivity index (χ3n) is 6.46. The number of nitrogens with one attached hydrogen (secondary N) is 2. The van der Waals surface area contributed by atoms with Gasteiger partial charge in [0.25, 0.3) is 5.91 Å². The molecule has 3 heterocycles. The van der Waals surface area contributed by atoms with E-state index in [2.05, 4.69) is 10.3 Å². The molecule has 3 aromatic rings. The van der Waals surface area contributed by atoms with Gasteiger partial charge < -0.3 is 19.9 Å². The minimum Gasteiger partial charge on any atom is -0.349 e. The van der Waals surface area contributed by atoms with Crippen LogP contribution in [0.1, 0.15) is 42.1 Å². The second-order valence-electron chi connectivity index (χ2n) is 9.61. The van der Waals surface area contributed by atoms with Crippen LogP contribution in [-0.4, -0.2) is 62.9 Å². The Morgan fingerprint density at radius 3 is 2.55 bits per heavy atom. The van der Waals surface area contributed by atoms with Crippen LogP contribution in [0.3, 0.4) is 0 Å². The summed E-state index contributed by atoms with van der Waals surface area (Å²) in [5.41, 5.74) is -0.526. The molecule has 1 saturated heterocycles. The summed E-state index contributed by atoms with van der Waals surface area (Å²) in [7, 11) is 0. The summed E-state index contributed by atoms with van der Waals surface area (Å²) in [6.07, 6.45) is -0.0546. The third-order valence-corrected chi connectivity index (χ3v) is 6.68. The standard InChI is InChI=1S/C25H24ClF4N5O3/c1-24(2,33-23(38)25(28,29)30)22(37)32-19-12-34(7-5-17(19)14-8-15(26)10-16(27)9-14)21(36)18-4-3-6-35-13-31-11-20(18)35/h3-4,6,8-11,13,17,19H,5,7,12H2,1-2H3,(H,32,37)(H,33,38)/t17-,19+/m0/s1. The number of carbonyl (C=O) groups excluding carboxylic acids is 3. The van der Waals surface area contributed by atoms with Crippen LogP contribution in [0.15, 0.2) is 49.1 Å². The molecule has 2 atom stereocenters. The number of carbonyl (C=O) groups is 3. The van der Waals surface area contributed by atoms with Gasteiger partial charge >= 0.3 is 12.1 Å². The number of likely N-dealkylation sites (tertiary alicyclic amines) is 1. The lowest BCUT2D eigenvalue weighted by Gasteiger charge is -2.40. The summed E-state index contributed by atoms with van der Waals surface area (Å²) in [6.45, 7) is 2.49. The monoisotopic (exact) mass is 553 g/mol. The number of imidazole rings is 1. The van der Waals surface area contributed by atoms with Crippen molar-refractivity contribution >= 4 is 34.8 Å². The lowest BCUT2D eigenvalue weighted by Crippen LogP contribution is -2.62. The predicted molar refractivity (Wildman–Crippen MR) is 130 cm³/mol. The van der Waals surface area contributed by atoms with Crippen molar-refractivity contribution in [1.82, 2.24) is 24.9 Å². The quantitative estimate of drug-likeness (QED) is 0.471. The smallest absolute Gasteiger partial charge is 0.349 e. The van der Waals surface area contributed by atoms with Crippen molar-refractivity contribution in [1.29, 1.82) is 0 Å². The summed E-state index contributed by atoms with van der Waals surface area (Å²) < 4.78 is 54.3. The predicted octanol–water partition coefficient (Wildman–Crippen LogP) is 3.70. The molecule has 202 valence electrons. The molecule has 0 aliphatic carbocycles. The zero-order valence-corrected chi connectivity index (χ0v) is 21.1. The Kier molecular flexibility index (Phi) is 7.37. The normalized spacial score (nSPS) is 18.3. The number of piperidine rings is 1. The first kappa shape index (κ1) is 27.4. The molecule has 2 aromatic heterocycles. The molecule has 8 nitrogen and oxygen atoms in total.